The summed E-state index contributed by atoms with van der Waals surface area (Å²) < 4.78 is 29.3. The van der Waals surface area contributed by atoms with E-state index in [-0.39, 0.29) is 0 Å². The molecule has 3 aromatic heterocycles. The van der Waals surface area contributed by atoms with Gasteiger partial charge in [-0.25, -0.2) is 14.4 Å². The van der Waals surface area contributed by atoms with E-state index in [0.717, 1.165) is 23.6 Å². The fourth-order valence-electron chi connectivity index (χ4n) is 3.61. The van der Waals surface area contributed by atoms with E-state index in [4.69, 9.17) is 9.15 Å². The number of rotatable bonds is 10. The number of aromatic nitrogens is 4. The molecule has 0 radical (unpaired) electrons. The molecule has 184 valence electrons. The number of fused-ring (bicyclic) bond motifs is 1. The maximum Gasteiger partial charge on any atom is 0.306 e. The van der Waals surface area contributed by atoms with Crippen molar-refractivity contribution in [1.82, 2.24) is 24.1 Å². The van der Waals surface area contributed by atoms with Gasteiger partial charge in [-0.05, 0) is 66.9 Å². The molecular weight excluding hydrogens is 483 g/mol. The highest BCUT2D eigenvalue weighted by atomic mass is 32.2. The van der Waals surface area contributed by atoms with Crippen LogP contribution >= 0.6 is 11.9 Å². The van der Waals surface area contributed by atoms with Gasteiger partial charge in [0.2, 0.25) is 5.95 Å². The van der Waals surface area contributed by atoms with Gasteiger partial charge in [0, 0.05) is 35.9 Å². The molecule has 36 heavy (non-hydrogen) atoms. The first kappa shape index (κ1) is 23.6. The number of oxazole rings is 1. The highest BCUT2D eigenvalue weighted by Crippen LogP contribution is 2.34. The molecule has 0 aliphatic heterocycles. The third kappa shape index (κ3) is 5.11. The minimum atomic E-state index is -0.700. The SMILES string of the molecule is COc1ccc(SNCCCNc2nccc(-c3c(-c4ccc(F)c(O)c4)nc4occn34)n2)cc1. The molecule has 9 nitrogen and oxygen atoms in total. The van der Waals surface area contributed by atoms with Crippen molar-refractivity contribution in [2.45, 2.75) is 11.3 Å². The molecule has 0 fully saturated rings. The number of anilines is 1. The third-order valence-electron chi connectivity index (χ3n) is 5.37. The first-order valence-corrected chi connectivity index (χ1v) is 12.0. The van der Waals surface area contributed by atoms with Crippen molar-refractivity contribution in [2.75, 3.05) is 25.5 Å². The van der Waals surface area contributed by atoms with Crippen LogP contribution in [0.2, 0.25) is 0 Å². The maximum atomic E-state index is 13.6. The van der Waals surface area contributed by atoms with Crippen LogP contribution in [0.5, 0.6) is 11.5 Å². The molecule has 0 saturated carbocycles. The van der Waals surface area contributed by atoms with Gasteiger partial charge in [0.15, 0.2) is 11.6 Å². The van der Waals surface area contributed by atoms with Crippen LogP contribution in [-0.4, -0.2) is 44.7 Å². The minimum absolute atomic E-state index is 0.359. The average Bonchev–Trinajstić information content (AvgIpc) is 3.50. The van der Waals surface area contributed by atoms with E-state index in [1.165, 1.54) is 18.4 Å². The number of nitrogens with one attached hydrogen (secondary N) is 2. The predicted molar refractivity (Wildman–Crippen MR) is 136 cm³/mol. The van der Waals surface area contributed by atoms with Crippen LogP contribution in [0.15, 0.2) is 76.5 Å². The fraction of sp³-hybridized carbons (Fsp3) is 0.160. The molecular formula is C25H23FN6O3S. The van der Waals surface area contributed by atoms with Gasteiger partial charge in [-0.1, -0.05) is 0 Å². The van der Waals surface area contributed by atoms with Crippen molar-refractivity contribution in [3.63, 3.8) is 0 Å². The zero-order valence-electron chi connectivity index (χ0n) is 19.3. The monoisotopic (exact) mass is 506 g/mol. The van der Waals surface area contributed by atoms with Crippen molar-refractivity contribution in [2.24, 2.45) is 0 Å². The van der Waals surface area contributed by atoms with E-state index in [9.17, 15) is 9.50 Å². The number of hydrogen-bond donors (Lipinski definition) is 3. The van der Waals surface area contributed by atoms with Gasteiger partial charge in [0.05, 0.1) is 12.8 Å². The van der Waals surface area contributed by atoms with Gasteiger partial charge >= 0.3 is 5.84 Å². The van der Waals surface area contributed by atoms with Gasteiger partial charge in [0.1, 0.15) is 23.4 Å². The van der Waals surface area contributed by atoms with E-state index in [1.807, 2.05) is 24.3 Å². The number of phenols is 1. The first-order chi connectivity index (χ1) is 17.6. The summed E-state index contributed by atoms with van der Waals surface area (Å²) in [6, 6.07) is 13.7. The summed E-state index contributed by atoms with van der Waals surface area (Å²) in [4.78, 5) is 14.6. The maximum absolute atomic E-state index is 13.6. The van der Waals surface area contributed by atoms with E-state index in [2.05, 4.69) is 25.0 Å². The van der Waals surface area contributed by atoms with Gasteiger partial charge in [-0.3, -0.25) is 9.12 Å². The van der Waals surface area contributed by atoms with Crippen LogP contribution in [0.3, 0.4) is 0 Å². The van der Waals surface area contributed by atoms with Crippen LogP contribution in [0, 0.1) is 5.82 Å². The molecule has 0 aliphatic rings. The van der Waals surface area contributed by atoms with Gasteiger partial charge in [0.25, 0.3) is 0 Å². The van der Waals surface area contributed by atoms with Gasteiger partial charge in [-0.2, -0.15) is 4.98 Å². The van der Waals surface area contributed by atoms with Crippen LogP contribution in [0.25, 0.3) is 28.5 Å². The Morgan fingerprint density at radius 2 is 1.97 bits per heavy atom. The lowest BCUT2D eigenvalue weighted by Crippen LogP contribution is -2.12. The van der Waals surface area contributed by atoms with Crippen molar-refractivity contribution in [3.05, 3.63) is 73.0 Å². The molecule has 5 aromatic rings. The molecule has 0 aliphatic carbocycles. The summed E-state index contributed by atoms with van der Waals surface area (Å²) in [5.41, 5.74) is 2.30. The summed E-state index contributed by atoms with van der Waals surface area (Å²) in [7, 11) is 1.65. The Morgan fingerprint density at radius 1 is 1.11 bits per heavy atom. The molecule has 0 amide bonds. The number of methoxy groups -OCH3 is 1. The molecule has 2 aromatic carbocycles. The lowest BCUT2D eigenvalue weighted by Gasteiger charge is -2.09. The molecule has 0 atom stereocenters. The van der Waals surface area contributed by atoms with E-state index >= 15 is 0 Å². The summed E-state index contributed by atoms with van der Waals surface area (Å²) >= 11 is 1.57. The van der Waals surface area contributed by atoms with E-state index in [1.54, 1.807) is 48.0 Å². The van der Waals surface area contributed by atoms with Crippen LogP contribution < -0.4 is 14.8 Å². The number of hydrogen-bond acceptors (Lipinski definition) is 9. The molecule has 3 heterocycles. The second-order valence-corrected chi connectivity index (χ2v) is 8.71. The minimum Gasteiger partial charge on any atom is -0.505 e. The number of nitrogens with zero attached hydrogens (tertiary/aromatic N) is 4. The largest absolute Gasteiger partial charge is 0.505 e. The molecule has 5 rings (SSSR count). The normalized spacial score (nSPS) is 11.2. The summed E-state index contributed by atoms with van der Waals surface area (Å²) in [6.45, 7) is 1.46. The Labute approximate surface area is 210 Å². The highest BCUT2D eigenvalue weighted by molar-refractivity contribution is 7.97. The Kier molecular flexibility index (Phi) is 7.01. The first-order valence-electron chi connectivity index (χ1n) is 11.2. The number of aromatic hydroxyl groups is 1. The average molecular weight is 507 g/mol. The predicted octanol–water partition coefficient (Wildman–Crippen LogP) is 5.00. The smallest absolute Gasteiger partial charge is 0.306 e. The number of ether oxygens (including phenoxy) is 1. The quantitative estimate of drug-likeness (QED) is 0.178. The highest BCUT2D eigenvalue weighted by Gasteiger charge is 2.20. The standard InChI is InChI=1S/C25H23FN6O3S/c1-34-17-4-6-18(7-5-17)36-29-11-2-10-27-24-28-12-9-20(30-24)23-22(31-25-32(23)13-14-35-25)16-3-8-19(26)21(33)15-16/h3-9,12-15,29,33H,2,10-11H2,1H3,(H,27,28,30). The second kappa shape index (κ2) is 10.7. The topological polar surface area (TPSA) is 110 Å². The number of halogens is 1. The number of benzene rings is 2. The molecule has 0 saturated heterocycles. The van der Waals surface area contributed by atoms with Crippen LogP contribution in [0.4, 0.5) is 10.3 Å². The lowest BCUT2D eigenvalue weighted by molar-refractivity contribution is 0.414. The Bertz CT molecular complexity index is 1470. The summed E-state index contributed by atoms with van der Waals surface area (Å²) in [6.07, 6.45) is 5.77. The summed E-state index contributed by atoms with van der Waals surface area (Å²) in [5, 5.41) is 13.1. The molecule has 11 heteroatoms. The molecule has 0 spiro atoms. The third-order valence-corrected chi connectivity index (χ3v) is 6.22. The van der Waals surface area contributed by atoms with Crippen LogP contribution in [0.1, 0.15) is 6.42 Å². The molecule has 0 unspecified atom stereocenters. The van der Waals surface area contributed by atoms with E-state index in [0.29, 0.717) is 41.0 Å². The zero-order valence-corrected chi connectivity index (χ0v) is 20.1. The van der Waals surface area contributed by atoms with Crippen molar-refractivity contribution >= 4 is 23.7 Å². The molecule has 3 N–H and O–H groups in total. The summed E-state index contributed by atoms with van der Waals surface area (Å²) in [5.74, 6) is 0.512. The van der Waals surface area contributed by atoms with Crippen molar-refractivity contribution in [1.29, 1.82) is 0 Å². The van der Waals surface area contributed by atoms with Gasteiger partial charge < -0.3 is 19.6 Å². The second-order valence-electron chi connectivity index (χ2n) is 7.75. The number of phenolic OH excluding ortho intramolecular Hbond substituents is 1. The Morgan fingerprint density at radius 3 is 2.78 bits per heavy atom. The lowest BCUT2D eigenvalue weighted by atomic mass is 10.1. The zero-order chi connectivity index (χ0) is 24.9. The Balaban J connectivity index is 1.25. The fourth-order valence-corrected chi connectivity index (χ4v) is 4.29. The van der Waals surface area contributed by atoms with Crippen molar-refractivity contribution in [3.8, 4) is 34.1 Å². The van der Waals surface area contributed by atoms with Gasteiger partial charge in [-0.15, -0.1) is 0 Å². The van der Waals surface area contributed by atoms with E-state index < -0.39 is 11.6 Å². The van der Waals surface area contributed by atoms with Crippen LogP contribution in [-0.2, 0) is 0 Å². The number of imidazole rings is 1. The van der Waals surface area contributed by atoms with Crippen molar-refractivity contribution < 1.29 is 18.7 Å². The molecule has 0 bridgehead atoms. The Hall–Kier alpha value is -4.09.